The smallest absolute Gasteiger partial charge is 0.0503 e. The molecule has 18 heavy (non-hydrogen) atoms. The number of likely N-dealkylation sites (N-methyl/N-ethyl adjacent to an activating group) is 1. The number of ether oxygens (including phenoxy) is 1. The molecule has 3 atom stereocenters. The summed E-state index contributed by atoms with van der Waals surface area (Å²) >= 11 is 0. The molecule has 0 spiro atoms. The number of nitrogens with zero attached hydrogens (tertiary/aromatic N) is 1. The quantitative estimate of drug-likeness (QED) is 0.832. The van der Waals surface area contributed by atoms with Gasteiger partial charge in [0.05, 0.1) is 6.61 Å². The first kappa shape index (κ1) is 14.3. The highest BCUT2D eigenvalue weighted by Crippen LogP contribution is 2.38. The topological polar surface area (TPSA) is 24.5 Å². The van der Waals surface area contributed by atoms with Crippen LogP contribution in [0.25, 0.3) is 0 Å². The molecule has 2 aliphatic rings. The minimum absolute atomic E-state index is 0.511. The fraction of sp³-hybridized carbons (Fsp3) is 1.00. The highest BCUT2D eigenvalue weighted by atomic mass is 16.5. The minimum atomic E-state index is 0.511. The van der Waals surface area contributed by atoms with Crippen LogP contribution in [0.4, 0.5) is 0 Å². The van der Waals surface area contributed by atoms with E-state index < -0.39 is 0 Å². The van der Waals surface area contributed by atoms with E-state index in [1.54, 1.807) is 0 Å². The number of rotatable bonds is 4. The van der Waals surface area contributed by atoms with Crippen molar-refractivity contribution in [3.63, 3.8) is 0 Å². The van der Waals surface area contributed by atoms with Gasteiger partial charge in [0.1, 0.15) is 0 Å². The second-order valence-electron chi connectivity index (χ2n) is 6.97. The zero-order valence-corrected chi connectivity index (χ0v) is 12.5. The molecule has 1 heterocycles. The van der Waals surface area contributed by atoms with Crippen molar-refractivity contribution in [2.75, 3.05) is 33.9 Å². The molecule has 2 fully saturated rings. The maximum absolute atomic E-state index is 5.31. The fourth-order valence-corrected chi connectivity index (χ4v) is 3.80. The van der Waals surface area contributed by atoms with Gasteiger partial charge in [0.15, 0.2) is 0 Å². The predicted octanol–water partition coefficient (Wildman–Crippen LogP) is 2.12. The SMILES string of the molecule is CNC1CCC(C)(C)CC1N1CCC(COC)C1. The summed E-state index contributed by atoms with van der Waals surface area (Å²) in [6.07, 6.45) is 5.31. The summed E-state index contributed by atoms with van der Waals surface area (Å²) in [5, 5.41) is 3.54. The van der Waals surface area contributed by atoms with Crippen molar-refractivity contribution in [2.24, 2.45) is 11.3 Å². The maximum Gasteiger partial charge on any atom is 0.0503 e. The van der Waals surface area contributed by atoms with Crippen LogP contribution in [0.3, 0.4) is 0 Å². The van der Waals surface area contributed by atoms with Crippen LogP contribution in [0.1, 0.15) is 39.5 Å². The van der Waals surface area contributed by atoms with Gasteiger partial charge in [-0.15, -0.1) is 0 Å². The molecule has 1 aliphatic carbocycles. The third-order valence-corrected chi connectivity index (χ3v) is 4.92. The molecule has 2 rings (SSSR count). The lowest BCUT2D eigenvalue weighted by atomic mass is 9.72. The van der Waals surface area contributed by atoms with Crippen LogP contribution >= 0.6 is 0 Å². The molecule has 0 aromatic heterocycles. The van der Waals surface area contributed by atoms with Crippen molar-refractivity contribution in [2.45, 2.75) is 51.6 Å². The average molecular weight is 254 g/mol. The molecule has 0 aromatic carbocycles. The highest BCUT2D eigenvalue weighted by Gasteiger charge is 2.39. The van der Waals surface area contributed by atoms with Crippen molar-refractivity contribution in [1.29, 1.82) is 0 Å². The van der Waals surface area contributed by atoms with Gasteiger partial charge in [-0.3, -0.25) is 4.90 Å². The molecule has 0 aromatic rings. The summed E-state index contributed by atoms with van der Waals surface area (Å²) in [7, 11) is 3.95. The molecular formula is C15H30N2O. The molecule has 0 bridgehead atoms. The molecule has 106 valence electrons. The standard InChI is InChI=1S/C15H30N2O/c1-15(2)7-5-13(16-3)14(9-15)17-8-6-12(10-17)11-18-4/h12-14,16H,5-11H2,1-4H3. The molecule has 3 unspecified atom stereocenters. The van der Waals surface area contributed by atoms with E-state index >= 15 is 0 Å². The molecule has 0 radical (unpaired) electrons. The van der Waals surface area contributed by atoms with Crippen LogP contribution in [-0.2, 0) is 4.74 Å². The van der Waals surface area contributed by atoms with E-state index in [2.05, 4.69) is 31.1 Å². The minimum Gasteiger partial charge on any atom is -0.384 e. The number of hydrogen-bond acceptors (Lipinski definition) is 3. The number of nitrogens with one attached hydrogen (secondary N) is 1. The van der Waals surface area contributed by atoms with Gasteiger partial charge in [-0.1, -0.05) is 13.8 Å². The lowest BCUT2D eigenvalue weighted by Crippen LogP contribution is -2.53. The van der Waals surface area contributed by atoms with Crippen LogP contribution in [0.15, 0.2) is 0 Å². The van der Waals surface area contributed by atoms with Gasteiger partial charge in [-0.25, -0.2) is 0 Å². The molecule has 0 amide bonds. The Morgan fingerprint density at radius 1 is 1.33 bits per heavy atom. The lowest BCUT2D eigenvalue weighted by molar-refractivity contribution is 0.0758. The van der Waals surface area contributed by atoms with Gasteiger partial charge in [0.25, 0.3) is 0 Å². The molecule has 1 saturated carbocycles. The molecule has 3 nitrogen and oxygen atoms in total. The Bertz CT molecular complexity index is 267. The summed E-state index contributed by atoms with van der Waals surface area (Å²) in [6.45, 7) is 8.26. The second-order valence-corrected chi connectivity index (χ2v) is 6.97. The van der Waals surface area contributed by atoms with Gasteiger partial charge >= 0.3 is 0 Å². The average Bonchev–Trinajstić information content (AvgIpc) is 2.77. The van der Waals surface area contributed by atoms with Crippen LogP contribution in [-0.4, -0.2) is 50.8 Å². The fourth-order valence-electron chi connectivity index (χ4n) is 3.80. The first-order valence-electron chi connectivity index (χ1n) is 7.46. The Hall–Kier alpha value is -0.120. The summed E-state index contributed by atoms with van der Waals surface area (Å²) in [6, 6.07) is 1.40. The monoisotopic (exact) mass is 254 g/mol. The van der Waals surface area contributed by atoms with Crippen LogP contribution in [0.2, 0.25) is 0 Å². The van der Waals surface area contributed by atoms with Crippen molar-refractivity contribution >= 4 is 0 Å². The lowest BCUT2D eigenvalue weighted by Gasteiger charge is -2.45. The summed E-state index contributed by atoms with van der Waals surface area (Å²) in [5.74, 6) is 0.748. The zero-order chi connectivity index (χ0) is 13.2. The normalized spacial score (nSPS) is 37.0. The second kappa shape index (κ2) is 5.89. The van der Waals surface area contributed by atoms with E-state index in [1.807, 2.05) is 7.11 Å². The Kier molecular flexibility index (Phi) is 4.68. The number of hydrogen-bond donors (Lipinski definition) is 1. The predicted molar refractivity (Wildman–Crippen MR) is 75.8 cm³/mol. The van der Waals surface area contributed by atoms with Crippen molar-refractivity contribution in [3.8, 4) is 0 Å². The van der Waals surface area contributed by atoms with Gasteiger partial charge in [-0.2, -0.15) is 0 Å². The highest BCUT2D eigenvalue weighted by molar-refractivity contribution is 4.96. The molecular weight excluding hydrogens is 224 g/mol. The Labute approximate surface area is 112 Å². The van der Waals surface area contributed by atoms with Gasteiger partial charge in [-0.05, 0) is 50.6 Å². The third kappa shape index (κ3) is 3.25. The number of likely N-dealkylation sites (tertiary alicyclic amines) is 1. The first-order chi connectivity index (χ1) is 8.55. The van der Waals surface area contributed by atoms with Crippen LogP contribution < -0.4 is 5.32 Å². The van der Waals surface area contributed by atoms with E-state index in [9.17, 15) is 0 Å². The van der Waals surface area contributed by atoms with E-state index in [4.69, 9.17) is 4.74 Å². The summed E-state index contributed by atoms with van der Waals surface area (Å²) < 4.78 is 5.31. The molecule has 1 N–H and O–H groups in total. The van der Waals surface area contributed by atoms with Crippen LogP contribution in [0.5, 0.6) is 0 Å². The van der Waals surface area contributed by atoms with E-state index in [-0.39, 0.29) is 0 Å². The first-order valence-corrected chi connectivity index (χ1v) is 7.46. The Morgan fingerprint density at radius 2 is 2.11 bits per heavy atom. The van der Waals surface area contributed by atoms with Crippen molar-refractivity contribution in [3.05, 3.63) is 0 Å². The van der Waals surface area contributed by atoms with Gasteiger partial charge in [0.2, 0.25) is 0 Å². The zero-order valence-electron chi connectivity index (χ0n) is 12.5. The van der Waals surface area contributed by atoms with E-state index in [0.717, 1.165) is 18.6 Å². The van der Waals surface area contributed by atoms with Crippen molar-refractivity contribution < 1.29 is 4.74 Å². The molecule has 1 saturated heterocycles. The Balaban J connectivity index is 1.96. The number of methoxy groups -OCH3 is 1. The van der Waals surface area contributed by atoms with Gasteiger partial charge in [0, 0.05) is 25.7 Å². The summed E-state index contributed by atoms with van der Waals surface area (Å²) in [5.41, 5.74) is 0.511. The summed E-state index contributed by atoms with van der Waals surface area (Å²) in [4.78, 5) is 2.71. The third-order valence-electron chi connectivity index (χ3n) is 4.92. The largest absolute Gasteiger partial charge is 0.384 e. The van der Waals surface area contributed by atoms with Crippen LogP contribution in [0, 0.1) is 11.3 Å². The molecule has 1 aliphatic heterocycles. The van der Waals surface area contributed by atoms with E-state index in [0.29, 0.717) is 11.5 Å². The van der Waals surface area contributed by atoms with E-state index in [1.165, 1.54) is 38.8 Å². The van der Waals surface area contributed by atoms with Gasteiger partial charge < -0.3 is 10.1 Å². The van der Waals surface area contributed by atoms with Crippen molar-refractivity contribution in [1.82, 2.24) is 10.2 Å². The molecule has 3 heteroatoms. The Morgan fingerprint density at radius 3 is 2.78 bits per heavy atom. The maximum atomic E-state index is 5.31.